The van der Waals surface area contributed by atoms with Crippen LogP contribution in [-0.2, 0) is 19.4 Å². The smallest absolute Gasteiger partial charge is 0.191 e. The number of rotatable bonds is 5. The summed E-state index contributed by atoms with van der Waals surface area (Å²) >= 11 is 0. The van der Waals surface area contributed by atoms with E-state index in [4.69, 9.17) is 5.10 Å². The molecule has 2 aromatic heterocycles. The van der Waals surface area contributed by atoms with Crippen LogP contribution in [0.5, 0.6) is 0 Å². The summed E-state index contributed by atoms with van der Waals surface area (Å²) in [5.74, 6) is 1.93. The van der Waals surface area contributed by atoms with E-state index >= 15 is 0 Å². The van der Waals surface area contributed by atoms with Gasteiger partial charge in [0.05, 0.1) is 5.69 Å². The fraction of sp³-hybridized carbons (Fsp3) is 0.591. The number of aromatic nitrogens is 3. The summed E-state index contributed by atoms with van der Waals surface area (Å²) in [7, 11) is 1.83. The minimum atomic E-state index is 0. The summed E-state index contributed by atoms with van der Waals surface area (Å²) in [5, 5.41) is 11.8. The zero-order chi connectivity index (χ0) is 20.2. The van der Waals surface area contributed by atoms with Crippen molar-refractivity contribution in [2.45, 2.75) is 64.6 Å². The number of hydrogen-bond acceptors (Lipinski definition) is 4. The summed E-state index contributed by atoms with van der Waals surface area (Å²) in [5.41, 5.74) is 3.78. The van der Waals surface area contributed by atoms with Crippen LogP contribution in [0.3, 0.4) is 0 Å². The quantitative estimate of drug-likeness (QED) is 0.358. The van der Waals surface area contributed by atoms with Crippen molar-refractivity contribution in [1.82, 2.24) is 25.4 Å². The maximum Gasteiger partial charge on any atom is 0.191 e. The Hall–Kier alpha value is -1.84. The van der Waals surface area contributed by atoms with Crippen LogP contribution in [0.4, 0.5) is 5.82 Å². The van der Waals surface area contributed by atoms with Gasteiger partial charge in [0.1, 0.15) is 5.82 Å². The third-order valence-electron chi connectivity index (χ3n) is 5.89. The molecule has 1 unspecified atom stereocenters. The Kier molecular flexibility index (Phi) is 7.96. The lowest BCUT2D eigenvalue weighted by Gasteiger charge is -2.24. The summed E-state index contributed by atoms with van der Waals surface area (Å²) in [6.07, 6.45) is 9.84. The van der Waals surface area contributed by atoms with E-state index in [2.05, 4.69) is 62.4 Å². The van der Waals surface area contributed by atoms with Gasteiger partial charge < -0.3 is 15.5 Å². The monoisotopic (exact) mass is 523 g/mol. The molecule has 0 saturated carbocycles. The van der Waals surface area contributed by atoms with Gasteiger partial charge in [0.15, 0.2) is 5.96 Å². The van der Waals surface area contributed by atoms with Gasteiger partial charge in [-0.05, 0) is 56.7 Å². The number of anilines is 1. The second kappa shape index (κ2) is 10.5. The molecule has 0 aromatic carbocycles. The van der Waals surface area contributed by atoms with Crippen molar-refractivity contribution in [2.75, 3.05) is 25.0 Å². The van der Waals surface area contributed by atoms with Crippen LogP contribution in [0, 0.1) is 0 Å². The first-order valence-electron chi connectivity index (χ1n) is 10.9. The molecule has 30 heavy (non-hydrogen) atoms. The molecule has 164 valence electrons. The van der Waals surface area contributed by atoms with Crippen molar-refractivity contribution in [3.8, 4) is 0 Å². The van der Waals surface area contributed by atoms with Gasteiger partial charge in [0.2, 0.25) is 0 Å². The number of guanidine groups is 1. The van der Waals surface area contributed by atoms with Gasteiger partial charge in [-0.1, -0.05) is 6.07 Å². The van der Waals surface area contributed by atoms with Crippen LogP contribution in [0.2, 0.25) is 0 Å². The van der Waals surface area contributed by atoms with E-state index in [1.165, 1.54) is 24.1 Å². The summed E-state index contributed by atoms with van der Waals surface area (Å²) in [6.45, 7) is 7.31. The standard InChI is InChI=1S/C22H33N7.HI/c1-16(2)29-15-18-7-8-19(12-20(18)27-29)26-22(23-3)25-14-17-6-9-21(24-13-17)28-10-4-5-11-28;/h6,9,13,15-16,19H,4-5,7-8,10-12,14H2,1-3H3,(H2,23,25,26);1H. The fourth-order valence-corrected chi connectivity index (χ4v) is 4.13. The van der Waals surface area contributed by atoms with Crippen LogP contribution in [-0.4, -0.2) is 46.9 Å². The van der Waals surface area contributed by atoms with E-state index in [9.17, 15) is 0 Å². The third kappa shape index (κ3) is 5.44. The van der Waals surface area contributed by atoms with Gasteiger partial charge >= 0.3 is 0 Å². The summed E-state index contributed by atoms with van der Waals surface area (Å²) in [4.78, 5) is 11.4. The molecule has 7 nitrogen and oxygen atoms in total. The molecule has 1 aliphatic heterocycles. The predicted molar refractivity (Wildman–Crippen MR) is 133 cm³/mol. The molecular formula is C22H34IN7. The van der Waals surface area contributed by atoms with Gasteiger partial charge in [-0.25, -0.2) is 4.98 Å². The second-order valence-corrected chi connectivity index (χ2v) is 8.40. The SMILES string of the molecule is CN=C(NCc1ccc(N2CCCC2)nc1)NC1CCc2cn(C(C)C)nc2C1.I. The van der Waals surface area contributed by atoms with Gasteiger partial charge in [0, 0.05) is 57.6 Å². The van der Waals surface area contributed by atoms with E-state index in [1.807, 2.05) is 13.2 Å². The van der Waals surface area contributed by atoms with E-state index < -0.39 is 0 Å². The number of nitrogens with one attached hydrogen (secondary N) is 2. The highest BCUT2D eigenvalue weighted by atomic mass is 127. The number of pyridine rings is 1. The molecule has 1 aliphatic carbocycles. The first-order valence-corrected chi connectivity index (χ1v) is 10.9. The van der Waals surface area contributed by atoms with Crippen LogP contribution in [0.1, 0.15) is 56.0 Å². The number of hydrogen-bond donors (Lipinski definition) is 2. The number of aliphatic imine (C=N–C) groups is 1. The average Bonchev–Trinajstić information content (AvgIpc) is 3.41. The topological polar surface area (TPSA) is 70.4 Å². The molecule has 1 fully saturated rings. The number of halogens is 1. The number of nitrogens with zero attached hydrogens (tertiary/aromatic N) is 5. The Morgan fingerprint density at radius 3 is 2.73 bits per heavy atom. The second-order valence-electron chi connectivity index (χ2n) is 8.40. The van der Waals surface area contributed by atoms with Crippen LogP contribution in [0.15, 0.2) is 29.5 Å². The first-order chi connectivity index (χ1) is 14.1. The van der Waals surface area contributed by atoms with Crippen LogP contribution in [0.25, 0.3) is 0 Å². The number of aryl methyl sites for hydroxylation is 1. The molecule has 4 rings (SSSR count). The molecule has 2 aliphatic rings. The molecule has 0 bridgehead atoms. The summed E-state index contributed by atoms with van der Waals surface area (Å²) < 4.78 is 2.08. The van der Waals surface area contributed by atoms with Crippen molar-refractivity contribution in [2.24, 2.45) is 4.99 Å². The Morgan fingerprint density at radius 2 is 2.07 bits per heavy atom. The zero-order valence-electron chi connectivity index (χ0n) is 18.3. The van der Waals surface area contributed by atoms with E-state index in [1.54, 1.807) is 0 Å². The molecule has 8 heteroatoms. The fourth-order valence-electron chi connectivity index (χ4n) is 4.13. The largest absolute Gasteiger partial charge is 0.357 e. The third-order valence-corrected chi connectivity index (χ3v) is 5.89. The van der Waals surface area contributed by atoms with Crippen molar-refractivity contribution in [3.63, 3.8) is 0 Å². The van der Waals surface area contributed by atoms with Crippen molar-refractivity contribution < 1.29 is 0 Å². The highest BCUT2D eigenvalue weighted by Gasteiger charge is 2.23. The van der Waals surface area contributed by atoms with Gasteiger partial charge in [-0.3, -0.25) is 9.67 Å². The molecule has 3 heterocycles. The lowest BCUT2D eigenvalue weighted by molar-refractivity contribution is 0.499. The maximum atomic E-state index is 4.77. The summed E-state index contributed by atoms with van der Waals surface area (Å²) in [6, 6.07) is 5.06. The molecular weight excluding hydrogens is 489 g/mol. The van der Waals surface area contributed by atoms with E-state index in [0.717, 1.165) is 49.7 Å². The Labute approximate surface area is 196 Å². The molecule has 0 radical (unpaired) electrons. The molecule has 0 spiro atoms. The molecule has 2 N–H and O–H groups in total. The molecule has 0 amide bonds. The highest BCUT2D eigenvalue weighted by Crippen LogP contribution is 2.22. The van der Waals surface area contributed by atoms with Crippen LogP contribution < -0.4 is 15.5 Å². The average molecular weight is 523 g/mol. The maximum absolute atomic E-state index is 4.77. The van der Waals surface area contributed by atoms with E-state index in [0.29, 0.717) is 18.6 Å². The zero-order valence-corrected chi connectivity index (χ0v) is 20.6. The first kappa shape index (κ1) is 22.8. The highest BCUT2D eigenvalue weighted by molar-refractivity contribution is 14.0. The molecule has 1 atom stereocenters. The minimum absolute atomic E-state index is 0. The van der Waals surface area contributed by atoms with Gasteiger partial charge in [0.25, 0.3) is 0 Å². The minimum Gasteiger partial charge on any atom is -0.357 e. The Bertz CT molecular complexity index is 838. The molecule has 2 aromatic rings. The Morgan fingerprint density at radius 1 is 1.27 bits per heavy atom. The van der Waals surface area contributed by atoms with Crippen molar-refractivity contribution in [3.05, 3.63) is 41.3 Å². The Balaban J connectivity index is 0.00000256. The van der Waals surface area contributed by atoms with E-state index in [-0.39, 0.29) is 24.0 Å². The normalized spacial score (nSPS) is 18.9. The number of fused-ring (bicyclic) bond motifs is 1. The lowest BCUT2D eigenvalue weighted by atomic mass is 9.94. The molecule has 1 saturated heterocycles. The van der Waals surface area contributed by atoms with Crippen molar-refractivity contribution >= 4 is 35.8 Å². The predicted octanol–water partition coefficient (Wildman–Crippen LogP) is 3.30. The van der Waals surface area contributed by atoms with Crippen molar-refractivity contribution in [1.29, 1.82) is 0 Å². The van der Waals surface area contributed by atoms with Gasteiger partial charge in [-0.15, -0.1) is 24.0 Å². The lowest BCUT2D eigenvalue weighted by Crippen LogP contribution is -2.45. The van der Waals surface area contributed by atoms with Gasteiger partial charge in [-0.2, -0.15) is 5.10 Å². The van der Waals surface area contributed by atoms with Crippen LogP contribution >= 0.6 is 24.0 Å².